The molecule has 0 saturated carbocycles. The van der Waals surface area contributed by atoms with E-state index in [9.17, 15) is 9.18 Å². The summed E-state index contributed by atoms with van der Waals surface area (Å²) in [5.41, 5.74) is 3.68. The van der Waals surface area contributed by atoms with Gasteiger partial charge < -0.3 is 25.1 Å². The van der Waals surface area contributed by atoms with E-state index >= 15 is 0 Å². The number of pyridine rings is 1. The number of hydrogen-bond donors (Lipinski definition) is 3. The maximum atomic E-state index is 13.7. The Kier molecular flexibility index (Phi) is 8.18. The van der Waals surface area contributed by atoms with E-state index in [0.29, 0.717) is 41.8 Å². The molecule has 5 rings (SSSR count). The van der Waals surface area contributed by atoms with Crippen LogP contribution in [-0.4, -0.2) is 56.4 Å². The van der Waals surface area contributed by atoms with Crippen LogP contribution in [0.25, 0.3) is 22.6 Å². The zero-order valence-corrected chi connectivity index (χ0v) is 21.7. The first-order valence-electron chi connectivity index (χ1n) is 12.8. The van der Waals surface area contributed by atoms with Crippen LogP contribution in [0.1, 0.15) is 25.2 Å². The van der Waals surface area contributed by atoms with Gasteiger partial charge in [0.2, 0.25) is 11.9 Å². The van der Waals surface area contributed by atoms with E-state index in [4.69, 9.17) is 14.5 Å². The second kappa shape index (κ2) is 12.1. The standard InChI is InChI=1S/C28H30FN7O3/c1-17(2)33-27(37)20-15-38-24(39-16-20)13-23-35-25(19-3-5-21(29)6-4-19)26(36-23)22-9-12-31-28(34-22)32-14-18-7-10-30-11-8-18/h3-12,17,20,24H,13-16H2,1-2H3,(H,33,37)(H,35,36)(H,31,32,34). The fourth-order valence-corrected chi connectivity index (χ4v) is 4.16. The Labute approximate surface area is 225 Å². The number of imidazole rings is 1. The largest absolute Gasteiger partial charge is 0.354 e. The van der Waals surface area contributed by atoms with E-state index in [1.165, 1.54) is 12.1 Å². The number of amides is 1. The molecule has 0 atom stereocenters. The van der Waals surface area contributed by atoms with Crippen molar-refractivity contribution in [3.63, 3.8) is 0 Å². The van der Waals surface area contributed by atoms with Gasteiger partial charge in [-0.25, -0.2) is 19.3 Å². The van der Waals surface area contributed by atoms with Gasteiger partial charge in [0.1, 0.15) is 11.6 Å². The van der Waals surface area contributed by atoms with E-state index in [0.717, 1.165) is 11.1 Å². The zero-order chi connectivity index (χ0) is 27.2. The molecule has 1 amide bonds. The first-order chi connectivity index (χ1) is 18.9. The molecule has 0 unspecified atom stereocenters. The summed E-state index contributed by atoms with van der Waals surface area (Å²) in [6.45, 7) is 4.89. The Morgan fingerprint density at radius 1 is 1.05 bits per heavy atom. The SMILES string of the molecule is CC(C)NC(=O)C1COC(Cc2nc(-c3ccc(F)cc3)c(-c3ccnc(NCc4ccncc4)n3)[nH]2)OC1. The third-order valence-corrected chi connectivity index (χ3v) is 6.11. The molecule has 4 aromatic rings. The summed E-state index contributed by atoms with van der Waals surface area (Å²) in [4.78, 5) is 33.5. The highest BCUT2D eigenvalue weighted by molar-refractivity contribution is 5.79. The fraction of sp³-hybridized carbons (Fsp3) is 0.321. The molecule has 0 bridgehead atoms. The minimum Gasteiger partial charge on any atom is -0.354 e. The normalized spacial score (nSPS) is 17.2. The molecule has 1 fully saturated rings. The van der Waals surface area contributed by atoms with Gasteiger partial charge in [0.15, 0.2) is 6.29 Å². The number of rotatable bonds is 9. The molecule has 0 spiro atoms. The summed E-state index contributed by atoms with van der Waals surface area (Å²) in [5, 5.41) is 6.12. The molecular weight excluding hydrogens is 501 g/mol. The minimum absolute atomic E-state index is 0.0507. The number of aromatic nitrogens is 5. The van der Waals surface area contributed by atoms with Crippen LogP contribution in [0.15, 0.2) is 61.1 Å². The van der Waals surface area contributed by atoms with Crippen LogP contribution in [0, 0.1) is 11.7 Å². The number of H-pyrrole nitrogens is 1. The van der Waals surface area contributed by atoms with Gasteiger partial charge in [0.05, 0.1) is 42.6 Å². The van der Waals surface area contributed by atoms with E-state index in [-0.39, 0.29) is 36.9 Å². The lowest BCUT2D eigenvalue weighted by Gasteiger charge is -2.28. The van der Waals surface area contributed by atoms with E-state index in [1.807, 2.05) is 26.0 Å². The molecular formula is C28H30FN7O3. The highest BCUT2D eigenvalue weighted by Crippen LogP contribution is 2.30. The molecule has 0 radical (unpaired) electrons. The van der Waals surface area contributed by atoms with Crippen LogP contribution in [0.4, 0.5) is 10.3 Å². The number of aromatic amines is 1. The van der Waals surface area contributed by atoms with Gasteiger partial charge in [-0.3, -0.25) is 9.78 Å². The predicted octanol–water partition coefficient (Wildman–Crippen LogP) is 3.74. The molecule has 202 valence electrons. The van der Waals surface area contributed by atoms with Gasteiger partial charge in [-0.15, -0.1) is 0 Å². The quantitative estimate of drug-likeness (QED) is 0.298. The number of nitrogens with one attached hydrogen (secondary N) is 3. The molecule has 4 heterocycles. The van der Waals surface area contributed by atoms with Crippen molar-refractivity contribution < 1.29 is 18.7 Å². The summed E-state index contributed by atoms with van der Waals surface area (Å²) in [6, 6.07) is 11.8. The Morgan fingerprint density at radius 3 is 2.51 bits per heavy atom. The van der Waals surface area contributed by atoms with Gasteiger partial charge in [-0.2, -0.15) is 0 Å². The minimum atomic E-state index is -0.559. The molecule has 3 N–H and O–H groups in total. The van der Waals surface area contributed by atoms with Crippen molar-refractivity contribution in [2.24, 2.45) is 5.92 Å². The number of benzene rings is 1. The van der Waals surface area contributed by atoms with Crippen LogP contribution >= 0.6 is 0 Å². The second-order valence-electron chi connectivity index (χ2n) is 9.55. The zero-order valence-electron chi connectivity index (χ0n) is 21.7. The summed E-state index contributed by atoms with van der Waals surface area (Å²) in [5.74, 6) is 0.296. The highest BCUT2D eigenvalue weighted by Gasteiger charge is 2.29. The molecule has 1 aromatic carbocycles. The molecule has 1 aliphatic rings. The molecule has 39 heavy (non-hydrogen) atoms. The van der Waals surface area contributed by atoms with Gasteiger partial charge in [-0.1, -0.05) is 0 Å². The lowest BCUT2D eigenvalue weighted by Crippen LogP contribution is -2.44. The third kappa shape index (κ3) is 6.81. The lowest BCUT2D eigenvalue weighted by atomic mass is 10.1. The average Bonchev–Trinajstić information content (AvgIpc) is 3.37. The molecule has 3 aromatic heterocycles. The number of carbonyl (C=O) groups excluding carboxylic acids is 1. The summed E-state index contributed by atoms with van der Waals surface area (Å²) in [6.07, 6.45) is 4.91. The van der Waals surface area contributed by atoms with Crippen molar-refractivity contribution in [1.29, 1.82) is 0 Å². The molecule has 0 aliphatic carbocycles. The molecule has 10 nitrogen and oxygen atoms in total. The fourth-order valence-electron chi connectivity index (χ4n) is 4.16. The van der Waals surface area contributed by atoms with E-state index in [2.05, 4.69) is 30.6 Å². The lowest BCUT2D eigenvalue weighted by molar-refractivity contribution is -0.201. The number of anilines is 1. The van der Waals surface area contributed by atoms with Crippen molar-refractivity contribution in [1.82, 2.24) is 30.2 Å². The summed E-state index contributed by atoms with van der Waals surface area (Å²) in [7, 11) is 0. The number of carbonyl (C=O) groups is 1. The van der Waals surface area contributed by atoms with E-state index in [1.54, 1.807) is 36.8 Å². The van der Waals surface area contributed by atoms with Crippen molar-refractivity contribution in [3.05, 3.63) is 78.3 Å². The number of hydrogen-bond acceptors (Lipinski definition) is 8. The van der Waals surface area contributed by atoms with Gasteiger partial charge >= 0.3 is 0 Å². The highest BCUT2D eigenvalue weighted by atomic mass is 19.1. The monoisotopic (exact) mass is 531 g/mol. The maximum Gasteiger partial charge on any atom is 0.227 e. The van der Waals surface area contributed by atoms with Crippen molar-refractivity contribution in [3.8, 4) is 22.6 Å². The average molecular weight is 532 g/mol. The Balaban J connectivity index is 1.35. The Bertz CT molecular complexity index is 1390. The topological polar surface area (TPSA) is 127 Å². The van der Waals surface area contributed by atoms with Crippen LogP contribution in [0.5, 0.6) is 0 Å². The molecule has 1 saturated heterocycles. The number of nitrogens with zero attached hydrogens (tertiary/aromatic N) is 4. The smallest absolute Gasteiger partial charge is 0.227 e. The number of ether oxygens (including phenoxy) is 2. The van der Waals surface area contributed by atoms with Gasteiger partial charge in [-0.05, 0) is 61.9 Å². The summed E-state index contributed by atoms with van der Waals surface area (Å²) >= 11 is 0. The Hall–Kier alpha value is -4.22. The number of halogens is 1. The van der Waals surface area contributed by atoms with Crippen molar-refractivity contribution >= 4 is 11.9 Å². The van der Waals surface area contributed by atoms with Crippen LogP contribution in [0.3, 0.4) is 0 Å². The molecule has 11 heteroatoms. The van der Waals surface area contributed by atoms with Gasteiger partial charge in [0, 0.05) is 36.7 Å². The molecule has 1 aliphatic heterocycles. The second-order valence-corrected chi connectivity index (χ2v) is 9.55. The third-order valence-electron chi connectivity index (χ3n) is 6.11. The van der Waals surface area contributed by atoms with Crippen molar-refractivity contribution in [2.45, 2.75) is 39.1 Å². The van der Waals surface area contributed by atoms with Crippen LogP contribution in [-0.2, 0) is 27.2 Å². The van der Waals surface area contributed by atoms with Crippen molar-refractivity contribution in [2.75, 3.05) is 18.5 Å². The first-order valence-corrected chi connectivity index (χ1v) is 12.8. The van der Waals surface area contributed by atoms with Crippen LogP contribution < -0.4 is 10.6 Å². The summed E-state index contributed by atoms with van der Waals surface area (Å²) < 4.78 is 25.3. The van der Waals surface area contributed by atoms with Crippen LogP contribution in [0.2, 0.25) is 0 Å². The maximum absolute atomic E-state index is 13.7. The first kappa shape index (κ1) is 26.4. The van der Waals surface area contributed by atoms with Gasteiger partial charge in [0.25, 0.3) is 0 Å². The van der Waals surface area contributed by atoms with E-state index < -0.39 is 6.29 Å². The predicted molar refractivity (Wildman–Crippen MR) is 143 cm³/mol. The Morgan fingerprint density at radius 2 is 1.79 bits per heavy atom.